The summed E-state index contributed by atoms with van der Waals surface area (Å²) in [6, 6.07) is 21.3. The van der Waals surface area contributed by atoms with Crippen LogP contribution in [0.15, 0.2) is 147 Å². The number of thiazole rings is 2. The number of aliphatic imine (C=N–C) groups is 2. The van der Waals surface area contributed by atoms with Gasteiger partial charge in [0.1, 0.15) is 12.1 Å². The number of carboxylic acid groups (broad SMARTS) is 2. The number of carbonyl (C=O) groups is 6. The highest BCUT2D eigenvalue weighted by Gasteiger charge is 2.49. The lowest BCUT2D eigenvalue weighted by molar-refractivity contribution is -0.138. The Labute approximate surface area is 545 Å². The number of rotatable bonds is 20. The number of amides is 4. The zero-order chi connectivity index (χ0) is 65.6. The zero-order valence-corrected chi connectivity index (χ0v) is 52.7. The number of methoxy groups -OCH3 is 2. The lowest BCUT2D eigenvalue weighted by Crippen LogP contribution is -2.61. The van der Waals surface area contributed by atoms with Crippen LogP contribution < -0.4 is 20.4 Å². The number of aromatic nitrogens is 2. The van der Waals surface area contributed by atoms with Crippen LogP contribution in [0.4, 0.5) is 29.7 Å². The summed E-state index contributed by atoms with van der Waals surface area (Å²) >= 11 is 9.34. The SMILES string of the molecule is COC(=O)C1=C(CN2CCN3C(=O)N(c4ccc(CCC(=O)O)cc4)C[C@@H]3[C@H]2CO)NC(c2nccs2)=N[C@H]1c1ccc(F)c(F)c1.COC(=O)C1=C(CN2CCN3C(=O)N(c4ccc(CCC(=O)O)cc4)C[C@@H]3[C@H]2CO)NC(c2nccs2)=N[C@H]1c1ccccc1Cl. The van der Waals surface area contributed by atoms with E-state index in [0.717, 1.165) is 23.3 Å². The normalized spacial score (nSPS) is 21.5. The number of aliphatic carboxylic acids is 2. The van der Waals surface area contributed by atoms with Crippen LogP contribution in [-0.4, -0.2) is 202 Å². The molecular formula is C64H65ClF2N12O12S2. The minimum atomic E-state index is -1.08. The molecule has 29 heteroatoms. The van der Waals surface area contributed by atoms with Gasteiger partial charge in [0.2, 0.25) is 0 Å². The van der Waals surface area contributed by atoms with Crippen LogP contribution in [-0.2, 0) is 41.5 Å². The molecule has 486 valence electrons. The highest BCUT2D eigenvalue weighted by atomic mass is 35.5. The largest absolute Gasteiger partial charge is 0.481 e. The second-order valence-corrected chi connectivity index (χ2v) is 24.7. The first-order chi connectivity index (χ1) is 45.0. The standard InChI is InChI=1S/C32H33ClN6O6S.C32H32F2N6O6S/c1-45-31(43)27-23(35-29(30-34-12-15-46-30)36-28(27)21-4-2-3-5-22(21)33)16-37-13-14-38-24(25(37)18-40)17-39(32(38)44)20-9-6-19(7-10-20)8-11-26(41)42;1-46-31(44)27-23(36-29(30-35-10-13-47-30)37-28(27)19-5-8-21(33)22(34)14-19)15-38-11-12-39-24(25(38)17-41)16-40(32(39)45)20-6-2-18(3-7-20)4-9-26(42)43/h2-7,9-10,12,15,24-25,28,40H,8,11,13-14,16-18H2,1H3,(H,35,36)(H,41,42);2-3,5-8,10,13-14,24-25,28,41H,4,9,11-12,15-17H2,1H3,(H,36,37)(H,42,43)/t2*24-,25-,28+/m11/s1. The Morgan fingerprint density at radius 1 is 0.624 bits per heavy atom. The molecule has 6 aliphatic heterocycles. The van der Waals surface area contributed by atoms with Crippen molar-refractivity contribution in [2.24, 2.45) is 9.98 Å². The summed E-state index contributed by atoms with van der Waals surface area (Å²) in [5, 5.41) is 51.1. The van der Waals surface area contributed by atoms with E-state index < -0.39 is 59.7 Å². The number of aryl methyl sites for hydroxylation is 2. The maximum absolute atomic E-state index is 14.4. The Bertz CT molecular complexity index is 3920. The number of amidine groups is 2. The number of carboxylic acids is 2. The molecule has 6 aromatic rings. The topological polar surface area (TPSA) is 296 Å². The third-order valence-corrected chi connectivity index (χ3v) is 19.1. The first-order valence-corrected chi connectivity index (χ1v) is 31.9. The summed E-state index contributed by atoms with van der Waals surface area (Å²) in [5.41, 5.74) is 5.34. The number of nitrogens with one attached hydrogen (secondary N) is 2. The van der Waals surface area contributed by atoms with Crippen LogP contribution in [0.25, 0.3) is 0 Å². The summed E-state index contributed by atoms with van der Waals surface area (Å²) in [5.74, 6) is -4.29. The van der Waals surface area contributed by atoms with Gasteiger partial charge >= 0.3 is 35.9 Å². The molecule has 4 amide bonds. The summed E-state index contributed by atoms with van der Waals surface area (Å²) < 4.78 is 38.7. The fourth-order valence-electron chi connectivity index (χ4n) is 12.6. The van der Waals surface area contributed by atoms with Crippen LogP contribution in [0.3, 0.4) is 0 Å². The van der Waals surface area contributed by atoms with Crippen LogP contribution in [0.1, 0.15) is 57.2 Å². The Morgan fingerprint density at radius 3 is 1.51 bits per heavy atom. The van der Waals surface area contributed by atoms with E-state index in [1.807, 2.05) is 52.7 Å². The van der Waals surface area contributed by atoms with Gasteiger partial charge in [-0.3, -0.25) is 39.2 Å². The molecule has 0 spiro atoms. The number of ether oxygens (including phenoxy) is 2. The second kappa shape index (κ2) is 28.9. The fraction of sp³-hybridized carbons (Fsp3) is 0.344. The quantitative estimate of drug-likeness (QED) is 0.0460. The number of benzene rings is 4. The van der Waals surface area contributed by atoms with Crippen molar-refractivity contribution in [1.82, 2.24) is 40.2 Å². The van der Waals surface area contributed by atoms with E-state index in [0.29, 0.717) is 113 Å². The van der Waals surface area contributed by atoms with Crippen molar-refractivity contribution in [2.45, 2.75) is 61.9 Å². The van der Waals surface area contributed by atoms with Crippen LogP contribution in [0.5, 0.6) is 0 Å². The molecule has 0 unspecified atom stereocenters. The van der Waals surface area contributed by atoms with Crippen molar-refractivity contribution >= 4 is 93.3 Å². The van der Waals surface area contributed by atoms with Gasteiger partial charge < -0.3 is 50.3 Å². The molecule has 0 radical (unpaired) electrons. The lowest BCUT2D eigenvalue weighted by Gasteiger charge is -2.43. The van der Waals surface area contributed by atoms with Crippen molar-refractivity contribution < 1.29 is 67.4 Å². The predicted octanol–water partition coefficient (Wildman–Crippen LogP) is 6.26. The molecule has 0 bridgehead atoms. The van der Waals surface area contributed by atoms with E-state index >= 15 is 0 Å². The van der Waals surface area contributed by atoms with Gasteiger partial charge in [0.15, 0.2) is 33.3 Å². The summed E-state index contributed by atoms with van der Waals surface area (Å²) in [4.78, 5) is 105. The number of aliphatic hydroxyl groups is 2. The van der Waals surface area contributed by atoms with Crippen molar-refractivity contribution in [3.8, 4) is 0 Å². The fourth-order valence-corrected chi connectivity index (χ4v) is 14.0. The van der Waals surface area contributed by atoms with E-state index in [9.17, 15) is 47.8 Å². The number of hydrogen-bond acceptors (Lipinski definition) is 20. The van der Waals surface area contributed by atoms with E-state index in [1.165, 1.54) is 43.0 Å². The second-order valence-electron chi connectivity index (χ2n) is 22.5. The van der Waals surface area contributed by atoms with Crippen LogP contribution >= 0.6 is 34.3 Å². The maximum atomic E-state index is 14.4. The number of esters is 2. The molecule has 6 N–H and O–H groups in total. The summed E-state index contributed by atoms with van der Waals surface area (Å²) in [6.45, 7) is 2.15. The van der Waals surface area contributed by atoms with Gasteiger partial charge in [-0.05, 0) is 72.0 Å². The van der Waals surface area contributed by atoms with E-state index in [2.05, 4.69) is 30.5 Å². The molecule has 4 aromatic carbocycles. The van der Waals surface area contributed by atoms with Gasteiger partial charge in [-0.15, -0.1) is 22.7 Å². The molecule has 93 heavy (non-hydrogen) atoms. The number of carbonyl (C=O) groups excluding carboxylic acids is 4. The first-order valence-electron chi connectivity index (χ1n) is 29.8. The number of urea groups is 2. The Balaban J connectivity index is 0.000000190. The molecule has 0 aliphatic carbocycles. The van der Waals surface area contributed by atoms with E-state index in [4.69, 9.17) is 36.3 Å². The molecule has 8 heterocycles. The van der Waals surface area contributed by atoms with Gasteiger partial charge in [0.25, 0.3) is 0 Å². The monoisotopic (exact) mass is 1330 g/mol. The average molecular weight is 1330 g/mol. The van der Waals surface area contributed by atoms with Gasteiger partial charge in [-0.2, -0.15) is 0 Å². The van der Waals surface area contributed by atoms with Crippen molar-refractivity contribution in [1.29, 1.82) is 0 Å². The molecule has 2 aromatic heterocycles. The number of hydrogen-bond donors (Lipinski definition) is 6. The number of nitrogens with zero attached hydrogens (tertiary/aromatic N) is 10. The third kappa shape index (κ3) is 14.0. The third-order valence-electron chi connectivity index (χ3n) is 17.2. The highest BCUT2D eigenvalue weighted by molar-refractivity contribution is 7.12. The number of fused-ring (bicyclic) bond motifs is 2. The minimum Gasteiger partial charge on any atom is -0.481 e. The molecular weight excluding hydrogens is 1270 g/mol. The van der Waals surface area contributed by atoms with Gasteiger partial charge in [-0.1, -0.05) is 60.1 Å². The summed E-state index contributed by atoms with van der Waals surface area (Å²) in [7, 11) is 2.55. The number of piperazine rings is 2. The molecule has 12 rings (SSSR count). The first kappa shape index (κ1) is 65.5. The van der Waals surface area contributed by atoms with Crippen LogP contribution in [0, 0.1) is 11.6 Å². The molecule has 6 aliphatic rings. The lowest BCUT2D eigenvalue weighted by atomic mass is 9.94. The maximum Gasteiger partial charge on any atom is 0.338 e. The minimum absolute atomic E-state index is 0.00750. The predicted molar refractivity (Wildman–Crippen MR) is 341 cm³/mol. The summed E-state index contributed by atoms with van der Waals surface area (Å²) in [6.07, 6.45) is 4.11. The van der Waals surface area contributed by atoms with E-state index in [-0.39, 0.29) is 74.4 Å². The zero-order valence-electron chi connectivity index (χ0n) is 50.3. The van der Waals surface area contributed by atoms with Crippen molar-refractivity contribution in [2.75, 3.05) is 89.6 Å². The van der Waals surface area contributed by atoms with Crippen molar-refractivity contribution in [3.63, 3.8) is 0 Å². The number of halogens is 3. The Morgan fingerprint density at radius 2 is 1.09 bits per heavy atom. The van der Waals surface area contributed by atoms with Crippen LogP contribution in [0.2, 0.25) is 5.02 Å². The number of aliphatic hydroxyl groups excluding tert-OH is 2. The van der Waals surface area contributed by atoms with E-state index in [1.54, 1.807) is 67.7 Å². The van der Waals surface area contributed by atoms with Gasteiger partial charge in [0.05, 0.1) is 62.7 Å². The molecule has 0 saturated carbocycles. The molecule has 4 saturated heterocycles. The molecule has 24 nitrogen and oxygen atoms in total. The number of anilines is 2. The Hall–Kier alpha value is -9.03. The van der Waals surface area contributed by atoms with Gasteiger partial charge in [0, 0.05) is 122 Å². The highest BCUT2D eigenvalue weighted by Crippen LogP contribution is 2.40. The molecule has 4 fully saturated rings. The van der Waals surface area contributed by atoms with Gasteiger partial charge in [-0.25, -0.2) is 37.9 Å². The Kier molecular flexibility index (Phi) is 20.3. The smallest absolute Gasteiger partial charge is 0.338 e. The van der Waals surface area contributed by atoms with Crippen molar-refractivity contribution in [3.05, 3.63) is 186 Å². The molecule has 6 atom stereocenters. The average Bonchev–Trinajstić information content (AvgIpc) is 1.77.